The molecule has 0 unspecified atom stereocenters. The molecule has 2 aromatic carbocycles. The summed E-state index contributed by atoms with van der Waals surface area (Å²) in [4.78, 5) is 13.0. The number of nitrogens with one attached hydrogen (secondary N) is 1. The first-order valence-corrected chi connectivity index (χ1v) is 10.9. The second-order valence-electron chi connectivity index (χ2n) is 6.97. The van der Waals surface area contributed by atoms with Crippen LogP contribution in [0.1, 0.15) is 29.4 Å². The second-order valence-corrected chi connectivity index (χ2v) is 7.91. The molecular formula is C21H23N9S. The van der Waals surface area contributed by atoms with Gasteiger partial charge in [0, 0.05) is 5.69 Å². The van der Waals surface area contributed by atoms with Crippen LogP contribution in [-0.4, -0.2) is 35.2 Å². The van der Waals surface area contributed by atoms with Crippen molar-refractivity contribution in [1.29, 1.82) is 0 Å². The van der Waals surface area contributed by atoms with E-state index in [-0.39, 0.29) is 5.95 Å². The highest BCUT2D eigenvalue weighted by atomic mass is 32.2. The molecule has 4 aromatic rings. The smallest absolute Gasteiger partial charge is 0.232 e. The third kappa shape index (κ3) is 4.64. The lowest BCUT2D eigenvalue weighted by Gasteiger charge is -2.11. The number of aryl methyl sites for hydroxylation is 3. The lowest BCUT2D eigenvalue weighted by atomic mass is 10.1. The summed E-state index contributed by atoms with van der Waals surface area (Å²) in [5, 5.41) is 16.1. The van der Waals surface area contributed by atoms with Crippen molar-refractivity contribution in [2.75, 3.05) is 11.1 Å². The number of nitrogens with zero attached hydrogens (tertiary/aromatic N) is 7. The summed E-state index contributed by atoms with van der Waals surface area (Å²) in [5.74, 6) is 1.57. The van der Waals surface area contributed by atoms with Crippen molar-refractivity contribution in [1.82, 2.24) is 35.2 Å². The van der Waals surface area contributed by atoms with Gasteiger partial charge in [0.25, 0.3) is 0 Å². The lowest BCUT2D eigenvalue weighted by molar-refractivity contribution is 0.747. The molecule has 2 heterocycles. The van der Waals surface area contributed by atoms with Crippen molar-refractivity contribution in [3.63, 3.8) is 0 Å². The number of benzene rings is 2. The van der Waals surface area contributed by atoms with Gasteiger partial charge in [-0.1, -0.05) is 55.1 Å². The van der Waals surface area contributed by atoms with Crippen LogP contribution >= 0.6 is 11.8 Å². The maximum atomic E-state index is 5.94. The number of hydrogen-bond acceptors (Lipinski definition) is 9. The minimum absolute atomic E-state index is 0.163. The van der Waals surface area contributed by atoms with Crippen molar-refractivity contribution in [2.45, 2.75) is 38.1 Å². The van der Waals surface area contributed by atoms with Crippen LogP contribution in [0.25, 0.3) is 5.69 Å². The van der Waals surface area contributed by atoms with Gasteiger partial charge < -0.3 is 11.1 Å². The fourth-order valence-electron chi connectivity index (χ4n) is 3.31. The Hall–Kier alpha value is -3.53. The molecule has 9 nitrogen and oxygen atoms in total. The fraction of sp³-hybridized carbons (Fsp3) is 0.238. The highest BCUT2D eigenvalue weighted by Gasteiger charge is 2.15. The molecule has 0 aliphatic heterocycles. The third-order valence-electron chi connectivity index (χ3n) is 4.77. The average Bonchev–Trinajstić information content (AvgIpc) is 3.20. The van der Waals surface area contributed by atoms with Gasteiger partial charge in [-0.25, -0.2) is 0 Å². The van der Waals surface area contributed by atoms with Gasteiger partial charge in [-0.2, -0.15) is 19.6 Å². The van der Waals surface area contributed by atoms with Gasteiger partial charge in [0.1, 0.15) is 5.82 Å². The Kier molecular flexibility index (Phi) is 6.08. The predicted octanol–water partition coefficient (Wildman–Crippen LogP) is 3.64. The highest BCUT2D eigenvalue weighted by Crippen LogP contribution is 2.26. The number of para-hydroxylation sites is 2. The largest absolute Gasteiger partial charge is 0.368 e. The van der Waals surface area contributed by atoms with E-state index < -0.39 is 0 Å². The lowest BCUT2D eigenvalue weighted by Crippen LogP contribution is -2.08. The molecule has 3 N–H and O–H groups in total. The van der Waals surface area contributed by atoms with Gasteiger partial charge in [-0.3, -0.25) is 0 Å². The summed E-state index contributed by atoms with van der Waals surface area (Å²) in [6.45, 7) is 6.18. The molecule has 2 aromatic heterocycles. The number of thioether (sulfide) groups is 1. The van der Waals surface area contributed by atoms with E-state index in [0.717, 1.165) is 28.9 Å². The molecule has 0 fully saturated rings. The van der Waals surface area contributed by atoms with E-state index in [9.17, 15) is 0 Å². The molecule has 0 amide bonds. The van der Waals surface area contributed by atoms with Crippen LogP contribution in [-0.2, 0) is 12.2 Å². The maximum absolute atomic E-state index is 5.94. The van der Waals surface area contributed by atoms with Gasteiger partial charge in [0.15, 0.2) is 0 Å². The summed E-state index contributed by atoms with van der Waals surface area (Å²) >= 11 is 1.44. The average molecular weight is 434 g/mol. The summed E-state index contributed by atoms with van der Waals surface area (Å²) < 4.78 is 1.75. The zero-order chi connectivity index (χ0) is 21.8. The first kappa shape index (κ1) is 20.7. The molecule has 4 rings (SSSR count). The zero-order valence-electron chi connectivity index (χ0n) is 17.6. The number of nitrogen functional groups attached to an aromatic ring is 1. The van der Waals surface area contributed by atoms with Gasteiger partial charge in [-0.15, -0.1) is 5.10 Å². The van der Waals surface area contributed by atoms with Crippen LogP contribution in [0.15, 0.2) is 47.6 Å². The maximum Gasteiger partial charge on any atom is 0.232 e. The molecule has 0 spiro atoms. The predicted molar refractivity (Wildman–Crippen MR) is 122 cm³/mol. The van der Waals surface area contributed by atoms with Crippen LogP contribution in [0.5, 0.6) is 0 Å². The Morgan fingerprint density at radius 1 is 1.00 bits per heavy atom. The van der Waals surface area contributed by atoms with E-state index in [1.807, 2.05) is 50.2 Å². The third-order valence-corrected chi connectivity index (χ3v) is 5.68. The number of aromatic nitrogens is 7. The Morgan fingerprint density at radius 2 is 1.77 bits per heavy atom. The molecular weight excluding hydrogens is 410 g/mol. The van der Waals surface area contributed by atoms with E-state index >= 15 is 0 Å². The standard InChI is InChI=1S/C21H23N9S/c1-4-15-10-5-6-11-16(15)23-20-25-17(24-19(22)26-20)12-31-21-27-28-29-30(21)18-13(2)8-7-9-14(18)3/h5-11H,4,12H2,1-3H3,(H3,22,23,24,25,26). The highest BCUT2D eigenvalue weighted by molar-refractivity contribution is 7.98. The summed E-state index contributed by atoms with van der Waals surface area (Å²) in [6.07, 6.45) is 0.896. The van der Waals surface area contributed by atoms with E-state index in [1.54, 1.807) is 4.68 Å². The normalized spacial score (nSPS) is 10.9. The number of tetrazole rings is 1. The molecule has 0 aliphatic carbocycles. The monoisotopic (exact) mass is 433 g/mol. The zero-order valence-corrected chi connectivity index (χ0v) is 18.4. The SMILES string of the molecule is CCc1ccccc1Nc1nc(N)nc(CSc2nnnn2-c2c(C)cccc2C)n1. The number of anilines is 3. The van der Waals surface area contributed by atoms with Gasteiger partial charge in [0.2, 0.25) is 17.1 Å². The molecule has 31 heavy (non-hydrogen) atoms. The topological polar surface area (TPSA) is 120 Å². The quantitative estimate of drug-likeness (QED) is 0.421. The number of nitrogens with two attached hydrogens (primary N) is 1. The van der Waals surface area contributed by atoms with E-state index in [2.05, 4.69) is 48.8 Å². The molecule has 0 bridgehead atoms. The summed E-state index contributed by atoms with van der Waals surface area (Å²) in [6, 6.07) is 14.1. The van der Waals surface area contributed by atoms with Gasteiger partial charge >= 0.3 is 0 Å². The molecule has 0 saturated carbocycles. The first-order valence-electron chi connectivity index (χ1n) is 9.88. The minimum Gasteiger partial charge on any atom is -0.368 e. The van der Waals surface area contributed by atoms with Crippen LogP contribution < -0.4 is 11.1 Å². The number of rotatable bonds is 7. The Bertz CT molecular complexity index is 1180. The number of hydrogen-bond donors (Lipinski definition) is 2. The van der Waals surface area contributed by atoms with Crippen LogP contribution in [0.3, 0.4) is 0 Å². The summed E-state index contributed by atoms with van der Waals surface area (Å²) in [7, 11) is 0. The molecule has 0 radical (unpaired) electrons. The van der Waals surface area contributed by atoms with Gasteiger partial charge in [0.05, 0.1) is 11.4 Å². The molecule has 158 valence electrons. The van der Waals surface area contributed by atoms with Crippen molar-refractivity contribution in [3.8, 4) is 5.69 Å². The van der Waals surface area contributed by atoms with Crippen LogP contribution in [0.2, 0.25) is 0 Å². The summed E-state index contributed by atoms with van der Waals surface area (Å²) in [5.41, 5.74) is 11.2. The van der Waals surface area contributed by atoms with E-state index in [1.165, 1.54) is 17.3 Å². The Balaban J connectivity index is 1.55. The molecule has 0 saturated heterocycles. The van der Waals surface area contributed by atoms with E-state index in [0.29, 0.717) is 22.7 Å². The van der Waals surface area contributed by atoms with Crippen molar-refractivity contribution >= 4 is 29.3 Å². The van der Waals surface area contributed by atoms with Crippen molar-refractivity contribution < 1.29 is 0 Å². The molecule has 10 heteroatoms. The van der Waals surface area contributed by atoms with Crippen molar-refractivity contribution in [2.24, 2.45) is 0 Å². The first-order chi connectivity index (χ1) is 15.0. The van der Waals surface area contributed by atoms with Crippen LogP contribution in [0, 0.1) is 13.8 Å². The fourth-order valence-corrected chi connectivity index (χ4v) is 4.04. The van der Waals surface area contributed by atoms with Crippen molar-refractivity contribution in [3.05, 3.63) is 65.0 Å². The molecule has 0 atom stereocenters. The Morgan fingerprint density at radius 3 is 2.55 bits per heavy atom. The minimum atomic E-state index is 0.163. The van der Waals surface area contributed by atoms with E-state index in [4.69, 9.17) is 5.73 Å². The van der Waals surface area contributed by atoms with Crippen LogP contribution in [0.4, 0.5) is 17.6 Å². The van der Waals surface area contributed by atoms with Gasteiger partial charge in [-0.05, 0) is 53.5 Å². The second kappa shape index (κ2) is 9.09. The molecule has 0 aliphatic rings. The Labute approximate surface area is 184 Å².